The van der Waals surface area contributed by atoms with E-state index < -0.39 is 5.60 Å². The van der Waals surface area contributed by atoms with Gasteiger partial charge in [0.25, 0.3) is 0 Å². The van der Waals surface area contributed by atoms with Crippen molar-refractivity contribution < 1.29 is 5.11 Å². The third-order valence-electron chi connectivity index (χ3n) is 4.56. The average molecular weight is 340 g/mol. The molecule has 0 aliphatic heterocycles. The van der Waals surface area contributed by atoms with E-state index >= 15 is 0 Å². The zero-order valence-electron chi connectivity index (χ0n) is 12.6. The van der Waals surface area contributed by atoms with Gasteiger partial charge in [0.15, 0.2) is 0 Å². The Kier molecular flexibility index (Phi) is 5.65. The summed E-state index contributed by atoms with van der Waals surface area (Å²) in [5, 5.41) is 11.4. The zero-order chi connectivity index (χ0) is 14.6. The first kappa shape index (κ1) is 16.0. The topological polar surface area (TPSA) is 23.5 Å². The quantitative estimate of drug-likeness (QED) is 0.870. The molecular weight excluding hydrogens is 314 g/mol. The lowest BCUT2D eigenvalue weighted by Crippen LogP contribution is -2.39. The molecule has 0 aromatic heterocycles. The van der Waals surface area contributed by atoms with Crippen LogP contribution in [-0.2, 0) is 5.60 Å². The molecule has 0 saturated heterocycles. The third-order valence-corrected chi connectivity index (χ3v) is 5.09. The molecule has 1 atom stereocenters. The normalized spacial score (nSPS) is 20.1. The van der Waals surface area contributed by atoms with E-state index in [0.29, 0.717) is 5.92 Å². The first-order valence-electron chi connectivity index (χ1n) is 7.65. The molecule has 2 nitrogen and oxygen atoms in total. The molecule has 0 radical (unpaired) electrons. The van der Waals surface area contributed by atoms with Gasteiger partial charge in [0, 0.05) is 11.0 Å². The van der Waals surface area contributed by atoms with Gasteiger partial charge in [-0.1, -0.05) is 47.3 Å². The van der Waals surface area contributed by atoms with Crippen molar-refractivity contribution >= 4 is 15.9 Å². The summed E-state index contributed by atoms with van der Waals surface area (Å²) in [6, 6.07) is 8.24. The Morgan fingerprint density at radius 2 is 1.75 bits per heavy atom. The number of nitrogens with zero attached hydrogens (tertiary/aromatic N) is 1. The molecule has 1 aliphatic carbocycles. The molecule has 0 bridgehead atoms. The van der Waals surface area contributed by atoms with Crippen molar-refractivity contribution in [2.45, 2.75) is 44.1 Å². The van der Waals surface area contributed by atoms with Crippen LogP contribution >= 0.6 is 15.9 Å². The maximum absolute atomic E-state index is 11.4. The van der Waals surface area contributed by atoms with E-state index in [0.717, 1.165) is 35.8 Å². The van der Waals surface area contributed by atoms with Gasteiger partial charge < -0.3 is 10.0 Å². The summed E-state index contributed by atoms with van der Waals surface area (Å²) >= 11 is 3.48. The number of benzene rings is 1. The fourth-order valence-corrected chi connectivity index (χ4v) is 3.56. The van der Waals surface area contributed by atoms with Gasteiger partial charge in [-0.2, -0.15) is 0 Å². The Balaban J connectivity index is 2.24. The minimum atomic E-state index is -0.675. The molecule has 1 fully saturated rings. The second-order valence-corrected chi connectivity index (χ2v) is 7.24. The second-order valence-electron chi connectivity index (χ2n) is 6.32. The summed E-state index contributed by atoms with van der Waals surface area (Å²) in [5.41, 5.74) is 0.403. The average Bonchev–Trinajstić information content (AvgIpc) is 2.46. The van der Waals surface area contributed by atoms with Crippen molar-refractivity contribution in [3.05, 3.63) is 34.3 Å². The van der Waals surface area contributed by atoms with Crippen LogP contribution < -0.4 is 0 Å². The third kappa shape index (κ3) is 3.84. The number of halogens is 1. The van der Waals surface area contributed by atoms with Crippen molar-refractivity contribution in [3.8, 4) is 0 Å². The molecule has 20 heavy (non-hydrogen) atoms. The van der Waals surface area contributed by atoms with Crippen molar-refractivity contribution in [1.29, 1.82) is 0 Å². The van der Waals surface area contributed by atoms with Crippen molar-refractivity contribution in [3.63, 3.8) is 0 Å². The first-order chi connectivity index (χ1) is 9.52. The Hall–Kier alpha value is -0.380. The highest BCUT2D eigenvalue weighted by Gasteiger charge is 2.38. The summed E-state index contributed by atoms with van der Waals surface area (Å²) in [6.07, 6.45) is 6.95. The lowest BCUT2D eigenvalue weighted by Gasteiger charge is -2.40. The van der Waals surface area contributed by atoms with E-state index in [-0.39, 0.29) is 0 Å². The predicted molar refractivity (Wildman–Crippen MR) is 87.8 cm³/mol. The van der Waals surface area contributed by atoms with Crippen LogP contribution in [0.3, 0.4) is 0 Å². The van der Waals surface area contributed by atoms with Gasteiger partial charge in [-0.15, -0.1) is 0 Å². The largest absolute Gasteiger partial charge is 0.385 e. The summed E-state index contributed by atoms with van der Waals surface area (Å²) in [7, 11) is 4.14. The smallest absolute Gasteiger partial charge is 0.0936 e. The zero-order valence-corrected chi connectivity index (χ0v) is 14.2. The lowest BCUT2D eigenvalue weighted by molar-refractivity contribution is -0.0500. The highest BCUT2D eigenvalue weighted by molar-refractivity contribution is 9.10. The van der Waals surface area contributed by atoms with Gasteiger partial charge in [-0.05, 0) is 57.0 Å². The van der Waals surface area contributed by atoms with Crippen LogP contribution in [-0.4, -0.2) is 30.6 Å². The summed E-state index contributed by atoms with van der Waals surface area (Å²) in [6.45, 7) is 0.920. The SMILES string of the molecule is CN(C)CCC(O)(c1ccc(Br)cc1)C1CCCCC1. The summed E-state index contributed by atoms with van der Waals surface area (Å²) < 4.78 is 1.07. The van der Waals surface area contributed by atoms with Crippen LogP contribution in [0.15, 0.2) is 28.7 Å². The second kappa shape index (κ2) is 7.06. The molecule has 2 rings (SSSR count). The van der Waals surface area contributed by atoms with E-state index in [4.69, 9.17) is 0 Å². The summed E-state index contributed by atoms with van der Waals surface area (Å²) in [4.78, 5) is 2.16. The van der Waals surface area contributed by atoms with Crippen LogP contribution in [0.2, 0.25) is 0 Å². The van der Waals surface area contributed by atoms with Crippen LogP contribution in [0.5, 0.6) is 0 Å². The van der Waals surface area contributed by atoms with Crippen molar-refractivity contribution in [2.24, 2.45) is 5.92 Å². The Morgan fingerprint density at radius 3 is 2.30 bits per heavy atom. The fourth-order valence-electron chi connectivity index (χ4n) is 3.30. The van der Waals surface area contributed by atoms with E-state index in [1.807, 2.05) is 12.1 Å². The molecule has 0 heterocycles. The molecule has 1 saturated carbocycles. The van der Waals surface area contributed by atoms with Crippen LogP contribution in [0.25, 0.3) is 0 Å². The molecule has 0 spiro atoms. The maximum Gasteiger partial charge on any atom is 0.0936 e. The van der Waals surface area contributed by atoms with Gasteiger partial charge in [-0.25, -0.2) is 0 Å². The Morgan fingerprint density at radius 1 is 1.15 bits per heavy atom. The lowest BCUT2D eigenvalue weighted by atomic mass is 9.71. The molecule has 1 aliphatic rings. The first-order valence-corrected chi connectivity index (χ1v) is 8.45. The highest BCUT2D eigenvalue weighted by atomic mass is 79.9. The van der Waals surface area contributed by atoms with Gasteiger partial charge in [-0.3, -0.25) is 0 Å². The molecule has 0 amide bonds. The Bertz CT molecular complexity index is 412. The van der Waals surface area contributed by atoms with E-state index in [1.54, 1.807) is 0 Å². The highest BCUT2D eigenvalue weighted by Crippen LogP contribution is 2.41. The van der Waals surface area contributed by atoms with Gasteiger partial charge in [0.2, 0.25) is 0 Å². The standard InChI is InChI=1S/C17H26BrNO/c1-19(2)13-12-17(20,14-6-4-3-5-7-14)15-8-10-16(18)11-9-15/h8-11,14,20H,3-7,12-13H2,1-2H3. The molecule has 112 valence electrons. The van der Waals surface area contributed by atoms with Crippen LogP contribution in [0.4, 0.5) is 0 Å². The number of hydrogen-bond donors (Lipinski definition) is 1. The predicted octanol–water partition coefficient (Wildman–Crippen LogP) is 4.17. The molecule has 1 unspecified atom stereocenters. The molecule has 1 N–H and O–H groups in total. The molecule has 1 aromatic carbocycles. The van der Waals surface area contributed by atoms with E-state index in [1.165, 1.54) is 19.3 Å². The van der Waals surface area contributed by atoms with Crippen molar-refractivity contribution in [1.82, 2.24) is 4.90 Å². The summed E-state index contributed by atoms with van der Waals surface area (Å²) in [5.74, 6) is 0.400. The van der Waals surface area contributed by atoms with Gasteiger partial charge in [0.1, 0.15) is 0 Å². The fraction of sp³-hybridized carbons (Fsp3) is 0.647. The molecule has 1 aromatic rings. The van der Waals surface area contributed by atoms with Crippen LogP contribution in [0.1, 0.15) is 44.1 Å². The molecular formula is C17H26BrNO. The number of rotatable bonds is 5. The van der Waals surface area contributed by atoms with Gasteiger partial charge in [0.05, 0.1) is 5.60 Å². The van der Waals surface area contributed by atoms with E-state index in [9.17, 15) is 5.11 Å². The molecule has 3 heteroatoms. The van der Waals surface area contributed by atoms with Crippen molar-refractivity contribution in [2.75, 3.05) is 20.6 Å². The minimum absolute atomic E-state index is 0.400. The Labute approximate surface area is 131 Å². The minimum Gasteiger partial charge on any atom is -0.385 e. The van der Waals surface area contributed by atoms with Gasteiger partial charge >= 0.3 is 0 Å². The maximum atomic E-state index is 11.4. The number of aliphatic hydroxyl groups is 1. The monoisotopic (exact) mass is 339 g/mol. The van der Waals surface area contributed by atoms with Crippen LogP contribution in [0, 0.1) is 5.92 Å². The number of hydrogen-bond acceptors (Lipinski definition) is 2. The van der Waals surface area contributed by atoms with E-state index in [2.05, 4.69) is 47.1 Å².